The fraction of sp³-hybridized carbons (Fsp3) is 0.615. The largest absolute Gasteiger partial charge is 0.354 e. The van der Waals surface area contributed by atoms with E-state index < -0.39 is 0 Å². The van der Waals surface area contributed by atoms with Crippen LogP contribution in [0.5, 0.6) is 0 Å². The van der Waals surface area contributed by atoms with Gasteiger partial charge >= 0.3 is 0 Å². The molecule has 1 aromatic heterocycles. The van der Waals surface area contributed by atoms with Gasteiger partial charge in [-0.2, -0.15) is 5.10 Å². The number of hydrogen-bond acceptors (Lipinski definition) is 3. The number of piperidine rings is 1. The van der Waals surface area contributed by atoms with Crippen LogP contribution in [0, 0.1) is 25.7 Å². The highest BCUT2D eigenvalue weighted by atomic mass is 15.3. The molecule has 32 heavy (non-hydrogen) atoms. The molecule has 3 atom stereocenters. The number of hydrogen-bond donors (Lipinski definition) is 2. The zero-order valence-corrected chi connectivity index (χ0v) is 21.1. The zero-order chi connectivity index (χ0) is 23.3. The molecule has 2 N–H and O–H groups in total. The number of benzene rings is 1. The van der Waals surface area contributed by atoms with Crippen LogP contribution in [0.3, 0.4) is 0 Å². The molecule has 3 rings (SSSR count). The van der Waals surface area contributed by atoms with Crippen LogP contribution in [0.25, 0.3) is 0 Å². The number of rotatable bonds is 7. The highest BCUT2D eigenvalue weighted by Crippen LogP contribution is 2.22. The molecule has 0 saturated carbocycles. The second-order valence-corrected chi connectivity index (χ2v) is 9.90. The maximum absolute atomic E-state index is 4.53. The van der Waals surface area contributed by atoms with Crippen molar-refractivity contribution >= 4 is 5.96 Å². The van der Waals surface area contributed by atoms with Crippen LogP contribution in [0.15, 0.2) is 29.3 Å². The van der Waals surface area contributed by atoms with E-state index in [-0.39, 0.29) is 6.04 Å². The van der Waals surface area contributed by atoms with Gasteiger partial charge in [0.2, 0.25) is 0 Å². The Morgan fingerprint density at radius 3 is 2.31 bits per heavy atom. The van der Waals surface area contributed by atoms with Crippen LogP contribution in [0.2, 0.25) is 0 Å². The number of nitrogens with one attached hydrogen (secondary N) is 2. The summed E-state index contributed by atoms with van der Waals surface area (Å²) in [5.74, 6) is 2.43. The highest BCUT2D eigenvalue weighted by molar-refractivity contribution is 5.79. The topological polar surface area (TPSA) is 57.5 Å². The molecule has 1 saturated heterocycles. The lowest BCUT2D eigenvalue weighted by molar-refractivity contribution is 0.134. The lowest BCUT2D eigenvalue weighted by Crippen LogP contribution is -2.42. The van der Waals surface area contributed by atoms with Crippen LogP contribution < -0.4 is 10.6 Å². The van der Waals surface area contributed by atoms with Crippen molar-refractivity contribution in [2.24, 2.45) is 23.9 Å². The molecular weight excluding hydrogens is 396 g/mol. The van der Waals surface area contributed by atoms with Crippen LogP contribution in [0.4, 0.5) is 0 Å². The quantitative estimate of drug-likeness (QED) is 0.510. The van der Waals surface area contributed by atoms with Crippen molar-refractivity contribution < 1.29 is 0 Å². The number of aryl methyl sites for hydroxylation is 2. The Bertz CT molecular complexity index is 888. The summed E-state index contributed by atoms with van der Waals surface area (Å²) in [6.45, 7) is 15.4. The summed E-state index contributed by atoms with van der Waals surface area (Å²) in [5.41, 5.74) is 6.32. The number of guanidine groups is 1. The maximum atomic E-state index is 4.53. The van der Waals surface area contributed by atoms with Crippen molar-refractivity contribution in [3.8, 4) is 0 Å². The standard InChI is InChI=1S/C26H42N6/c1-18-12-19(2)16-32(15-18)17-24-10-8-23(9-11-24)14-28-26(27-6)29-20(3)13-25-21(4)30-31(7)22(25)5/h8-11,18-20H,12-17H2,1-7H3,(H2,27,28,29). The molecule has 6 nitrogen and oxygen atoms in total. The van der Waals surface area contributed by atoms with Gasteiger partial charge < -0.3 is 10.6 Å². The van der Waals surface area contributed by atoms with Gasteiger partial charge in [-0.05, 0) is 62.1 Å². The zero-order valence-electron chi connectivity index (χ0n) is 21.1. The number of aliphatic imine (C=N–C) groups is 1. The SMILES string of the molecule is CN=C(NCc1ccc(CN2CC(C)CC(C)C2)cc1)NC(C)Cc1c(C)nn(C)c1C. The molecule has 0 aliphatic carbocycles. The summed E-state index contributed by atoms with van der Waals surface area (Å²) in [7, 11) is 3.83. The predicted molar refractivity (Wildman–Crippen MR) is 134 cm³/mol. The van der Waals surface area contributed by atoms with Gasteiger partial charge in [-0.3, -0.25) is 14.6 Å². The van der Waals surface area contributed by atoms with Gasteiger partial charge in [0.05, 0.1) is 5.69 Å². The van der Waals surface area contributed by atoms with E-state index >= 15 is 0 Å². The van der Waals surface area contributed by atoms with Gasteiger partial charge in [0.25, 0.3) is 0 Å². The Morgan fingerprint density at radius 1 is 1.12 bits per heavy atom. The predicted octanol–water partition coefficient (Wildman–Crippen LogP) is 3.81. The van der Waals surface area contributed by atoms with Crippen molar-refractivity contribution in [2.45, 2.75) is 66.6 Å². The fourth-order valence-corrected chi connectivity index (χ4v) is 5.03. The first-order valence-corrected chi connectivity index (χ1v) is 12.0. The lowest BCUT2D eigenvalue weighted by atomic mass is 9.91. The maximum Gasteiger partial charge on any atom is 0.191 e. The monoisotopic (exact) mass is 438 g/mol. The Kier molecular flexibility index (Phi) is 8.35. The average molecular weight is 439 g/mol. The third-order valence-corrected chi connectivity index (χ3v) is 6.61. The molecule has 0 amide bonds. The van der Waals surface area contributed by atoms with E-state index in [2.05, 4.69) is 84.5 Å². The summed E-state index contributed by atoms with van der Waals surface area (Å²) in [5, 5.41) is 11.5. The molecule has 1 aliphatic heterocycles. The summed E-state index contributed by atoms with van der Waals surface area (Å²) >= 11 is 0. The van der Waals surface area contributed by atoms with Crippen molar-refractivity contribution in [3.63, 3.8) is 0 Å². The third-order valence-electron chi connectivity index (χ3n) is 6.61. The number of likely N-dealkylation sites (tertiary alicyclic amines) is 1. The number of aromatic nitrogens is 2. The van der Waals surface area contributed by atoms with E-state index in [0.29, 0.717) is 0 Å². The Labute approximate surface area is 194 Å². The van der Waals surface area contributed by atoms with Crippen LogP contribution in [-0.4, -0.2) is 46.8 Å². The van der Waals surface area contributed by atoms with Crippen molar-refractivity contribution in [1.82, 2.24) is 25.3 Å². The van der Waals surface area contributed by atoms with E-state index in [0.717, 1.165) is 43.0 Å². The van der Waals surface area contributed by atoms with Gasteiger partial charge in [-0.25, -0.2) is 0 Å². The normalized spacial score (nSPS) is 20.9. The second-order valence-electron chi connectivity index (χ2n) is 9.90. The second kappa shape index (κ2) is 11.0. The highest BCUT2D eigenvalue weighted by Gasteiger charge is 2.21. The average Bonchev–Trinajstić information content (AvgIpc) is 2.97. The fourth-order valence-electron chi connectivity index (χ4n) is 5.03. The Morgan fingerprint density at radius 2 is 1.75 bits per heavy atom. The van der Waals surface area contributed by atoms with Crippen molar-refractivity contribution in [2.75, 3.05) is 20.1 Å². The summed E-state index contributed by atoms with van der Waals surface area (Å²) in [4.78, 5) is 7.01. The van der Waals surface area contributed by atoms with E-state index in [1.165, 1.54) is 41.9 Å². The van der Waals surface area contributed by atoms with E-state index in [1.807, 2.05) is 18.8 Å². The molecule has 176 valence electrons. The number of nitrogens with zero attached hydrogens (tertiary/aromatic N) is 4. The van der Waals surface area contributed by atoms with E-state index in [9.17, 15) is 0 Å². The molecular formula is C26H42N6. The molecule has 0 bridgehead atoms. The Balaban J connectivity index is 1.48. The van der Waals surface area contributed by atoms with E-state index in [1.54, 1.807) is 0 Å². The minimum atomic E-state index is 0.263. The first-order chi connectivity index (χ1) is 15.2. The van der Waals surface area contributed by atoms with Crippen molar-refractivity contribution in [1.29, 1.82) is 0 Å². The molecule has 1 aliphatic rings. The van der Waals surface area contributed by atoms with Crippen molar-refractivity contribution in [3.05, 3.63) is 52.3 Å². The molecule has 2 heterocycles. The van der Waals surface area contributed by atoms with Gasteiger partial charge in [0, 0.05) is 52.0 Å². The minimum Gasteiger partial charge on any atom is -0.354 e. The smallest absolute Gasteiger partial charge is 0.191 e. The molecule has 0 spiro atoms. The van der Waals surface area contributed by atoms with Crippen LogP contribution in [-0.2, 0) is 26.6 Å². The lowest BCUT2D eigenvalue weighted by Gasteiger charge is -2.35. The van der Waals surface area contributed by atoms with Crippen LogP contribution in [0.1, 0.15) is 55.3 Å². The van der Waals surface area contributed by atoms with Gasteiger partial charge in [0.15, 0.2) is 5.96 Å². The first-order valence-electron chi connectivity index (χ1n) is 12.0. The van der Waals surface area contributed by atoms with Crippen LogP contribution >= 0.6 is 0 Å². The van der Waals surface area contributed by atoms with Gasteiger partial charge in [0.1, 0.15) is 0 Å². The summed E-state index contributed by atoms with van der Waals surface area (Å²) in [6, 6.07) is 9.28. The molecule has 3 unspecified atom stereocenters. The Hall–Kier alpha value is -2.34. The molecule has 0 radical (unpaired) electrons. The van der Waals surface area contributed by atoms with E-state index in [4.69, 9.17) is 0 Å². The minimum absolute atomic E-state index is 0.263. The summed E-state index contributed by atoms with van der Waals surface area (Å²) < 4.78 is 1.96. The third kappa shape index (κ3) is 6.58. The molecule has 2 aromatic rings. The molecule has 6 heteroatoms. The van der Waals surface area contributed by atoms with Gasteiger partial charge in [-0.1, -0.05) is 38.1 Å². The first kappa shape index (κ1) is 24.3. The molecule has 1 aromatic carbocycles. The summed E-state index contributed by atoms with van der Waals surface area (Å²) in [6.07, 6.45) is 2.28. The molecule has 1 fully saturated rings. The van der Waals surface area contributed by atoms with Gasteiger partial charge in [-0.15, -0.1) is 0 Å².